The zero-order valence-corrected chi connectivity index (χ0v) is 19.0. The van der Waals surface area contributed by atoms with Crippen molar-refractivity contribution in [1.82, 2.24) is 14.9 Å². The molecule has 11 heteroatoms. The van der Waals surface area contributed by atoms with Crippen LogP contribution in [0.2, 0.25) is 10.0 Å². The van der Waals surface area contributed by atoms with Gasteiger partial charge in [-0.1, -0.05) is 23.2 Å². The SMILES string of the molecule is Cn1c(Nc2c(Cl)cc(F)cc2Cl)nc2cc(C(=O)NC3CCC(C(F)(F)F)CC3)ccc21. The zero-order valence-electron chi connectivity index (χ0n) is 17.4. The third-order valence-corrected chi connectivity index (χ3v) is 6.51. The van der Waals surface area contributed by atoms with Gasteiger partial charge in [0.2, 0.25) is 5.95 Å². The largest absolute Gasteiger partial charge is 0.391 e. The molecule has 0 unspecified atom stereocenters. The van der Waals surface area contributed by atoms with E-state index in [4.69, 9.17) is 23.2 Å². The van der Waals surface area contributed by atoms with Crippen molar-refractivity contribution in [2.75, 3.05) is 5.32 Å². The van der Waals surface area contributed by atoms with Gasteiger partial charge in [-0.15, -0.1) is 0 Å². The molecule has 33 heavy (non-hydrogen) atoms. The number of hydrogen-bond acceptors (Lipinski definition) is 3. The number of aromatic nitrogens is 2. The lowest BCUT2D eigenvalue weighted by Crippen LogP contribution is -2.40. The molecule has 1 aromatic heterocycles. The maximum absolute atomic E-state index is 13.4. The average molecular weight is 503 g/mol. The Morgan fingerprint density at radius 2 is 1.73 bits per heavy atom. The number of carbonyl (C=O) groups is 1. The van der Waals surface area contributed by atoms with Crippen LogP contribution in [0.4, 0.5) is 29.2 Å². The number of amides is 1. The number of nitrogens with zero attached hydrogens (tertiary/aromatic N) is 2. The zero-order chi connectivity index (χ0) is 23.9. The first kappa shape index (κ1) is 23.6. The van der Waals surface area contributed by atoms with Gasteiger partial charge in [-0.2, -0.15) is 13.2 Å². The van der Waals surface area contributed by atoms with Crippen molar-refractivity contribution in [3.05, 3.63) is 51.8 Å². The number of anilines is 2. The molecule has 0 radical (unpaired) electrons. The van der Waals surface area contributed by atoms with E-state index in [1.165, 1.54) is 0 Å². The van der Waals surface area contributed by atoms with E-state index in [1.807, 2.05) is 0 Å². The first-order valence-electron chi connectivity index (χ1n) is 10.3. The second kappa shape index (κ2) is 9.02. The fourth-order valence-electron chi connectivity index (χ4n) is 4.06. The van der Waals surface area contributed by atoms with Gasteiger partial charge in [0.05, 0.1) is 32.7 Å². The molecule has 0 saturated heterocycles. The monoisotopic (exact) mass is 502 g/mol. The van der Waals surface area contributed by atoms with Gasteiger partial charge in [-0.25, -0.2) is 9.37 Å². The van der Waals surface area contributed by atoms with Crippen molar-refractivity contribution < 1.29 is 22.4 Å². The molecule has 1 heterocycles. The number of benzene rings is 2. The standard InChI is InChI=1S/C22H20Cl2F4N4O/c1-32-18-7-2-11(20(33)29-14-5-3-12(4-6-14)22(26,27)28)8-17(18)30-21(32)31-19-15(23)9-13(25)10-16(19)24/h2,7-10,12,14H,3-6H2,1H3,(H,29,33)(H,30,31). The minimum absolute atomic E-state index is 0.0112. The van der Waals surface area contributed by atoms with E-state index in [0.717, 1.165) is 12.1 Å². The van der Waals surface area contributed by atoms with Gasteiger partial charge in [0.15, 0.2) is 0 Å². The van der Waals surface area contributed by atoms with Crippen LogP contribution in [0.3, 0.4) is 0 Å². The van der Waals surface area contributed by atoms with Crippen molar-refractivity contribution in [1.29, 1.82) is 0 Å². The Balaban J connectivity index is 1.49. The molecule has 1 aliphatic rings. The highest BCUT2D eigenvalue weighted by Gasteiger charge is 2.41. The van der Waals surface area contributed by atoms with Crippen LogP contribution < -0.4 is 10.6 Å². The fourth-order valence-corrected chi connectivity index (χ4v) is 4.61. The Morgan fingerprint density at radius 1 is 1.09 bits per heavy atom. The predicted molar refractivity (Wildman–Crippen MR) is 120 cm³/mol. The van der Waals surface area contributed by atoms with Crippen molar-refractivity contribution in [3.8, 4) is 0 Å². The summed E-state index contributed by atoms with van der Waals surface area (Å²) < 4.78 is 53.7. The summed E-state index contributed by atoms with van der Waals surface area (Å²) in [5, 5.41) is 5.99. The van der Waals surface area contributed by atoms with Crippen molar-refractivity contribution in [2.24, 2.45) is 13.0 Å². The Labute approximate surface area is 197 Å². The van der Waals surface area contributed by atoms with E-state index >= 15 is 0 Å². The van der Waals surface area contributed by atoms with E-state index in [1.54, 1.807) is 29.8 Å². The van der Waals surface area contributed by atoms with Gasteiger partial charge in [0, 0.05) is 18.7 Å². The van der Waals surface area contributed by atoms with E-state index in [0.29, 0.717) is 28.2 Å². The number of halogens is 6. The van der Waals surface area contributed by atoms with Crippen LogP contribution >= 0.6 is 23.2 Å². The number of hydrogen-bond donors (Lipinski definition) is 2. The lowest BCUT2D eigenvalue weighted by atomic mass is 9.85. The second-order valence-corrected chi connectivity index (χ2v) is 8.95. The Bertz CT molecular complexity index is 1180. The third kappa shape index (κ3) is 5.04. The number of rotatable bonds is 4. The lowest BCUT2D eigenvalue weighted by Gasteiger charge is -2.30. The van der Waals surface area contributed by atoms with Crippen LogP contribution in [-0.4, -0.2) is 27.7 Å². The molecule has 0 bridgehead atoms. The molecular formula is C22H20Cl2F4N4O. The van der Waals surface area contributed by atoms with E-state index in [2.05, 4.69) is 15.6 Å². The number of fused-ring (bicyclic) bond motifs is 1. The van der Waals surface area contributed by atoms with Crippen LogP contribution in [0.15, 0.2) is 30.3 Å². The summed E-state index contributed by atoms with van der Waals surface area (Å²) >= 11 is 12.2. The minimum Gasteiger partial charge on any atom is -0.349 e. The summed E-state index contributed by atoms with van der Waals surface area (Å²) in [5.74, 6) is -1.85. The van der Waals surface area contributed by atoms with Crippen LogP contribution in [0.1, 0.15) is 36.0 Å². The molecule has 176 valence electrons. The highest BCUT2D eigenvalue weighted by Crippen LogP contribution is 2.38. The summed E-state index contributed by atoms with van der Waals surface area (Å²) in [4.78, 5) is 17.2. The molecule has 2 N–H and O–H groups in total. The number of aryl methyl sites for hydroxylation is 1. The number of nitrogens with one attached hydrogen (secondary N) is 2. The van der Waals surface area contributed by atoms with Crippen molar-refractivity contribution >= 4 is 51.8 Å². The van der Waals surface area contributed by atoms with Crippen LogP contribution in [0.25, 0.3) is 11.0 Å². The average Bonchev–Trinajstić information content (AvgIpc) is 3.05. The maximum Gasteiger partial charge on any atom is 0.391 e. The Hall–Kier alpha value is -2.52. The number of alkyl halides is 3. The molecule has 5 nitrogen and oxygen atoms in total. The highest BCUT2D eigenvalue weighted by atomic mass is 35.5. The summed E-state index contributed by atoms with van der Waals surface area (Å²) in [6.45, 7) is 0. The van der Waals surface area contributed by atoms with Gasteiger partial charge in [-0.05, 0) is 56.0 Å². The molecule has 1 aliphatic carbocycles. The van der Waals surface area contributed by atoms with Crippen LogP contribution in [0.5, 0.6) is 0 Å². The van der Waals surface area contributed by atoms with Gasteiger partial charge >= 0.3 is 6.18 Å². The van der Waals surface area contributed by atoms with Crippen LogP contribution in [0, 0.1) is 11.7 Å². The number of imidazole rings is 1. The molecular weight excluding hydrogens is 483 g/mol. The van der Waals surface area contributed by atoms with Gasteiger partial charge < -0.3 is 15.2 Å². The second-order valence-electron chi connectivity index (χ2n) is 8.13. The minimum atomic E-state index is -4.19. The first-order chi connectivity index (χ1) is 15.5. The van der Waals surface area contributed by atoms with E-state index in [9.17, 15) is 22.4 Å². The Morgan fingerprint density at radius 3 is 2.33 bits per heavy atom. The molecule has 1 saturated carbocycles. The van der Waals surface area contributed by atoms with Gasteiger partial charge in [-0.3, -0.25) is 4.79 Å². The quantitative estimate of drug-likeness (QED) is 0.394. The fraction of sp³-hybridized carbons (Fsp3) is 0.364. The molecule has 0 atom stereocenters. The maximum atomic E-state index is 13.4. The molecule has 2 aromatic carbocycles. The molecule has 1 amide bonds. The Kier molecular flexibility index (Phi) is 6.46. The first-order valence-corrected chi connectivity index (χ1v) is 11.0. The molecule has 0 aliphatic heterocycles. The van der Waals surface area contributed by atoms with Crippen LogP contribution in [-0.2, 0) is 7.05 Å². The lowest BCUT2D eigenvalue weighted by molar-refractivity contribution is -0.182. The normalized spacial score (nSPS) is 19.0. The van der Waals surface area contributed by atoms with E-state index < -0.39 is 17.9 Å². The third-order valence-electron chi connectivity index (χ3n) is 5.91. The molecule has 0 spiro atoms. The summed E-state index contributed by atoms with van der Waals surface area (Å²) in [5.41, 5.74) is 1.88. The van der Waals surface area contributed by atoms with E-state index in [-0.39, 0.29) is 47.7 Å². The summed E-state index contributed by atoms with van der Waals surface area (Å²) in [6.07, 6.45) is -3.59. The van der Waals surface area contributed by atoms with Crippen molar-refractivity contribution in [3.63, 3.8) is 0 Å². The smallest absolute Gasteiger partial charge is 0.349 e. The summed E-state index contributed by atoms with van der Waals surface area (Å²) in [6, 6.07) is 6.91. The topological polar surface area (TPSA) is 59.0 Å². The van der Waals surface area contributed by atoms with Crippen molar-refractivity contribution in [2.45, 2.75) is 37.9 Å². The van der Waals surface area contributed by atoms with Gasteiger partial charge in [0.1, 0.15) is 5.82 Å². The number of carbonyl (C=O) groups excluding carboxylic acids is 1. The molecule has 4 rings (SSSR count). The summed E-state index contributed by atoms with van der Waals surface area (Å²) in [7, 11) is 1.75. The molecule has 1 fully saturated rings. The molecule has 3 aromatic rings. The predicted octanol–water partition coefficient (Wildman–Crippen LogP) is 6.61. The van der Waals surface area contributed by atoms with Gasteiger partial charge in [0.25, 0.3) is 5.91 Å². The highest BCUT2D eigenvalue weighted by molar-refractivity contribution is 6.39.